The number of rotatable bonds is 3. The molecule has 0 amide bonds. The zero-order valence-electron chi connectivity index (χ0n) is 5.10. The average Bonchev–Trinajstić information content (AvgIpc) is 1.86. The molecule has 0 N–H and O–H groups in total. The van der Waals surface area contributed by atoms with Crippen LogP contribution in [0, 0.1) is 6.43 Å². The van der Waals surface area contributed by atoms with Crippen LogP contribution in [0.15, 0.2) is 0 Å². The molecular weight excluding hydrogens is 200 g/mol. The Morgan fingerprint density at radius 3 is 1.33 bits per heavy atom. The zero-order chi connectivity index (χ0) is 10.2. The lowest BCUT2D eigenvalue weighted by molar-refractivity contribution is -0.276. The number of hydrogen-bond acceptors (Lipinski definition) is 0. The molecule has 0 aliphatic rings. The normalized spacial score (nSPS) is 14.5. The minimum absolute atomic E-state index is 4.03. The zero-order valence-corrected chi connectivity index (χ0v) is 5.10. The molecule has 8 heteroatoms. The van der Waals surface area contributed by atoms with Gasteiger partial charge >= 0.3 is 24.7 Å². The van der Waals surface area contributed by atoms with Gasteiger partial charge in [-0.3, -0.25) is 0 Å². The highest BCUT2D eigenvalue weighted by molar-refractivity contribution is 4.97. The Labute approximate surface area is 61.2 Å². The summed E-state index contributed by atoms with van der Waals surface area (Å²) < 4.78 is 90.5. The molecule has 0 nitrogen and oxygen atoms in total. The maximum absolute atomic E-state index is 11.6. The maximum Gasteiger partial charge on any atom is 0.384 e. The third-order valence-corrected chi connectivity index (χ3v) is 0.930. The quantitative estimate of drug-likeness (QED) is 0.615. The van der Waals surface area contributed by atoms with E-state index in [-0.39, 0.29) is 0 Å². The van der Waals surface area contributed by atoms with Gasteiger partial charge in [0, 0.05) is 0 Å². The van der Waals surface area contributed by atoms with Crippen LogP contribution in [0.3, 0.4) is 0 Å². The molecule has 0 aliphatic heterocycles. The van der Waals surface area contributed by atoms with E-state index in [9.17, 15) is 35.1 Å². The van der Waals surface area contributed by atoms with Crippen LogP contribution in [-0.4, -0.2) is 18.3 Å². The van der Waals surface area contributed by atoms with E-state index < -0.39 is 24.7 Å². The van der Waals surface area contributed by atoms with Gasteiger partial charge in [0.25, 0.3) is 0 Å². The van der Waals surface area contributed by atoms with Crippen LogP contribution in [0.2, 0.25) is 0 Å². The van der Waals surface area contributed by atoms with E-state index in [4.69, 9.17) is 0 Å². The summed E-state index contributed by atoms with van der Waals surface area (Å²) in [6.45, 7) is 0. The largest absolute Gasteiger partial charge is 0.384 e. The summed E-state index contributed by atoms with van der Waals surface area (Å²) in [5.74, 6) is -12.1. The Morgan fingerprint density at radius 2 is 1.25 bits per heavy atom. The molecule has 0 aliphatic carbocycles. The third kappa shape index (κ3) is 1.61. The third-order valence-electron chi connectivity index (χ3n) is 0.930. The van der Waals surface area contributed by atoms with Gasteiger partial charge in [0.2, 0.25) is 0 Å². The van der Waals surface area contributed by atoms with Gasteiger partial charge < -0.3 is 0 Å². The highest BCUT2D eigenvalue weighted by atomic mass is 19.4. The molecule has 73 valence electrons. The van der Waals surface area contributed by atoms with E-state index in [2.05, 4.69) is 0 Å². The second-order valence-corrected chi connectivity index (χ2v) is 1.76. The van der Waals surface area contributed by atoms with Crippen LogP contribution in [0.1, 0.15) is 0 Å². The number of hydrogen-bond donors (Lipinski definition) is 0. The van der Waals surface area contributed by atoms with E-state index in [1.807, 2.05) is 0 Å². The predicted octanol–water partition coefficient (Wildman–Crippen LogP) is 2.95. The predicted molar refractivity (Wildman–Crippen MR) is 21.4 cm³/mol. The Balaban J connectivity index is 4.75. The lowest BCUT2D eigenvalue weighted by Gasteiger charge is -2.23. The molecule has 12 heavy (non-hydrogen) atoms. The Hall–Kier alpha value is -0.560. The number of halogens is 8. The molecule has 0 aromatic carbocycles. The van der Waals surface area contributed by atoms with E-state index >= 15 is 0 Å². The molecule has 0 bridgehead atoms. The maximum atomic E-state index is 11.6. The highest BCUT2D eigenvalue weighted by Gasteiger charge is 2.69. The van der Waals surface area contributed by atoms with Crippen LogP contribution in [0.4, 0.5) is 35.1 Å². The summed E-state index contributed by atoms with van der Waals surface area (Å²) in [5.41, 5.74) is 0. The Morgan fingerprint density at radius 1 is 0.917 bits per heavy atom. The fourth-order valence-corrected chi connectivity index (χ4v) is 0.263. The minimum atomic E-state index is -6.08. The van der Waals surface area contributed by atoms with Crippen molar-refractivity contribution < 1.29 is 35.1 Å². The van der Waals surface area contributed by atoms with Crippen LogP contribution in [0.25, 0.3) is 0 Å². The molecule has 0 atom stereocenters. The van der Waals surface area contributed by atoms with Crippen molar-refractivity contribution >= 4 is 0 Å². The average molecular weight is 201 g/mol. The van der Waals surface area contributed by atoms with Gasteiger partial charge in [0.1, 0.15) is 0 Å². The van der Waals surface area contributed by atoms with Gasteiger partial charge in [-0.15, -0.1) is 0 Å². The topological polar surface area (TPSA) is 0 Å². The van der Waals surface area contributed by atoms with Crippen molar-refractivity contribution in [2.45, 2.75) is 18.3 Å². The first-order valence-electron chi connectivity index (χ1n) is 2.36. The summed E-state index contributed by atoms with van der Waals surface area (Å²) >= 11 is 0. The molecule has 0 heterocycles. The fourth-order valence-electron chi connectivity index (χ4n) is 0.263. The molecule has 0 aromatic rings. The molecule has 0 saturated carbocycles. The summed E-state index contributed by atoms with van der Waals surface area (Å²) in [6, 6.07) is 0. The molecule has 0 rings (SSSR count). The molecule has 0 unspecified atom stereocenters. The van der Waals surface area contributed by atoms with E-state index in [0.29, 0.717) is 0 Å². The van der Waals surface area contributed by atoms with Crippen molar-refractivity contribution in [3.63, 3.8) is 0 Å². The first-order valence-corrected chi connectivity index (χ1v) is 2.36. The van der Waals surface area contributed by atoms with Crippen LogP contribution in [0.5, 0.6) is 0 Å². The molecular formula is C4HF8. The first kappa shape index (κ1) is 11.4. The summed E-state index contributed by atoms with van der Waals surface area (Å²) in [5, 5.41) is 0. The van der Waals surface area contributed by atoms with Gasteiger partial charge in [0.05, 0.1) is 0 Å². The van der Waals surface area contributed by atoms with Gasteiger partial charge in [0.15, 0.2) is 0 Å². The minimum Gasteiger partial charge on any atom is -0.203 e. The molecule has 0 aromatic heterocycles. The second-order valence-electron chi connectivity index (χ2n) is 1.76. The van der Waals surface area contributed by atoms with Crippen molar-refractivity contribution in [3.05, 3.63) is 6.43 Å². The smallest absolute Gasteiger partial charge is 0.203 e. The standard InChI is InChI=1S/C4HF8/c5-1(6)3(9,10)4(11,12)2(7)8/h1H. The van der Waals surface area contributed by atoms with Crippen molar-refractivity contribution in [1.29, 1.82) is 0 Å². The molecule has 1 radical (unpaired) electrons. The first-order chi connectivity index (χ1) is 5.14. The lowest BCUT2D eigenvalue weighted by Crippen LogP contribution is -2.48. The van der Waals surface area contributed by atoms with Gasteiger partial charge in [-0.05, 0) is 0 Å². The summed E-state index contributed by atoms with van der Waals surface area (Å²) in [4.78, 5) is 0. The van der Waals surface area contributed by atoms with Crippen LogP contribution in [-0.2, 0) is 0 Å². The molecule has 0 fully saturated rings. The van der Waals surface area contributed by atoms with E-state index in [0.717, 1.165) is 0 Å². The monoisotopic (exact) mass is 201 g/mol. The highest BCUT2D eigenvalue weighted by Crippen LogP contribution is 2.45. The van der Waals surface area contributed by atoms with E-state index in [1.54, 1.807) is 0 Å². The summed E-state index contributed by atoms with van der Waals surface area (Å²) in [6.07, 6.45) is -8.87. The fraction of sp³-hybridized carbons (Fsp3) is 0.750. The van der Waals surface area contributed by atoms with Gasteiger partial charge in [-0.1, -0.05) is 0 Å². The van der Waals surface area contributed by atoms with Gasteiger partial charge in [-0.2, -0.15) is 26.3 Å². The van der Waals surface area contributed by atoms with Crippen LogP contribution >= 0.6 is 0 Å². The van der Waals surface area contributed by atoms with Gasteiger partial charge in [-0.25, -0.2) is 8.78 Å². The Kier molecular flexibility index (Phi) is 2.92. The van der Waals surface area contributed by atoms with E-state index in [1.165, 1.54) is 0 Å². The molecule has 0 spiro atoms. The Bertz CT molecular complexity index is 131. The number of alkyl halides is 6. The van der Waals surface area contributed by atoms with Crippen molar-refractivity contribution in [3.8, 4) is 0 Å². The van der Waals surface area contributed by atoms with Crippen LogP contribution < -0.4 is 0 Å². The summed E-state index contributed by atoms with van der Waals surface area (Å²) in [7, 11) is 0. The van der Waals surface area contributed by atoms with Crippen molar-refractivity contribution in [1.82, 2.24) is 0 Å². The van der Waals surface area contributed by atoms with Crippen molar-refractivity contribution in [2.75, 3.05) is 0 Å². The second kappa shape index (κ2) is 3.06. The SMILES string of the molecule is F[C](F)C(F)(F)C(F)(F)C(F)F. The van der Waals surface area contributed by atoms with Crippen molar-refractivity contribution in [2.24, 2.45) is 0 Å². The lowest BCUT2D eigenvalue weighted by atomic mass is 10.2. The molecule has 0 saturated heterocycles.